The maximum absolute atomic E-state index is 12.3. The van der Waals surface area contributed by atoms with Crippen LogP contribution in [0.4, 0.5) is 5.82 Å². The van der Waals surface area contributed by atoms with Gasteiger partial charge in [0.2, 0.25) is 0 Å². The van der Waals surface area contributed by atoms with Crippen LogP contribution in [0.3, 0.4) is 0 Å². The van der Waals surface area contributed by atoms with Crippen LogP contribution in [0.2, 0.25) is 5.02 Å². The molecular formula is C15H18ClN3O3. The number of hydrogen-bond acceptors (Lipinski definition) is 4. The lowest BCUT2D eigenvalue weighted by molar-refractivity contribution is 0.102. The Labute approximate surface area is 133 Å². The van der Waals surface area contributed by atoms with Crippen molar-refractivity contribution < 1.29 is 14.3 Å². The predicted octanol–water partition coefficient (Wildman–Crippen LogP) is 3.42. The van der Waals surface area contributed by atoms with Gasteiger partial charge in [-0.05, 0) is 39.0 Å². The fourth-order valence-corrected chi connectivity index (χ4v) is 2.00. The van der Waals surface area contributed by atoms with E-state index in [0.717, 1.165) is 0 Å². The Morgan fingerprint density at radius 2 is 1.95 bits per heavy atom. The lowest BCUT2D eigenvalue weighted by Crippen LogP contribution is -2.13. The first-order valence-corrected chi connectivity index (χ1v) is 7.36. The predicted molar refractivity (Wildman–Crippen MR) is 85.1 cm³/mol. The molecule has 1 heterocycles. The third-order valence-corrected chi connectivity index (χ3v) is 3.37. The summed E-state index contributed by atoms with van der Waals surface area (Å²) in [7, 11) is 0. The molecule has 0 aliphatic heterocycles. The monoisotopic (exact) mass is 323 g/mol. The van der Waals surface area contributed by atoms with Crippen LogP contribution in [0.5, 0.6) is 11.5 Å². The summed E-state index contributed by atoms with van der Waals surface area (Å²) in [5.41, 5.74) is 1.13. The number of H-pyrrole nitrogens is 1. The minimum Gasteiger partial charge on any atom is -0.490 e. The molecule has 1 aromatic heterocycles. The molecule has 22 heavy (non-hydrogen) atoms. The number of carbonyl (C=O) groups excluding carboxylic acids is 1. The molecule has 0 unspecified atom stereocenters. The van der Waals surface area contributed by atoms with Crippen molar-refractivity contribution in [1.29, 1.82) is 0 Å². The van der Waals surface area contributed by atoms with Crippen molar-refractivity contribution in [2.75, 3.05) is 18.5 Å². The quantitative estimate of drug-likeness (QED) is 0.854. The highest BCUT2D eigenvalue weighted by Crippen LogP contribution is 2.29. The maximum Gasteiger partial charge on any atom is 0.257 e. The molecule has 2 rings (SSSR count). The van der Waals surface area contributed by atoms with Gasteiger partial charge in [-0.25, -0.2) is 0 Å². The van der Waals surface area contributed by atoms with Crippen LogP contribution in [-0.4, -0.2) is 29.3 Å². The minimum absolute atomic E-state index is 0.302. The molecule has 0 atom stereocenters. The molecule has 0 radical (unpaired) electrons. The molecule has 0 aliphatic rings. The number of aryl methyl sites for hydroxylation is 1. The Balaban J connectivity index is 2.22. The minimum atomic E-state index is -0.322. The normalized spacial score (nSPS) is 10.4. The van der Waals surface area contributed by atoms with E-state index in [1.54, 1.807) is 25.1 Å². The van der Waals surface area contributed by atoms with Gasteiger partial charge in [-0.3, -0.25) is 9.89 Å². The first kappa shape index (κ1) is 16.2. The van der Waals surface area contributed by atoms with E-state index in [-0.39, 0.29) is 5.91 Å². The fourth-order valence-electron chi connectivity index (χ4n) is 1.87. The Bertz CT molecular complexity index is 670. The van der Waals surface area contributed by atoms with Gasteiger partial charge >= 0.3 is 0 Å². The second kappa shape index (κ2) is 7.17. The van der Waals surface area contributed by atoms with Crippen LogP contribution in [0.15, 0.2) is 18.2 Å². The van der Waals surface area contributed by atoms with Crippen LogP contribution in [0.1, 0.15) is 29.9 Å². The molecule has 7 heteroatoms. The Morgan fingerprint density at radius 3 is 2.55 bits per heavy atom. The molecule has 0 saturated heterocycles. The lowest BCUT2D eigenvalue weighted by Gasteiger charge is -2.12. The number of nitrogens with one attached hydrogen (secondary N) is 2. The van der Waals surface area contributed by atoms with Crippen LogP contribution in [-0.2, 0) is 0 Å². The number of aromatic nitrogens is 2. The third-order valence-electron chi connectivity index (χ3n) is 2.91. The number of carbonyl (C=O) groups is 1. The van der Waals surface area contributed by atoms with Gasteiger partial charge in [-0.2, -0.15) is 5.10 Å². The Kier molecular flexibility index (Phi) is 5.27. The van der Waals surface area contributed by atoms with E-state index < -0.39 is 0 Å². The number of halogens is 1. The highest BCUT2D eigenvalue weighted by molar-refractivity contribution is 6.34. The molecule has 0 saturated carbocycles. The summed E-state index contributed by atoms with van der Waals surface area (Å²) in [6.07, 6.45) is 0. The van der Waals surface area contributed by atoms with Crippen LogP contribution < -0.4 is 14.8 Å². The first-order chi connectivity index (χ1) is 10.6. The fraction of sp³-hybridized carbons (Fsp3) is 0.333. The van der Waals surface area contributed by atoms with Crippen molar-refractivity contribution in [3.8, 4) is 11.5 Å². The summed E-state index contributed by atoms with van der Waals surface area (Å²) in [5.74, 6) is 1.12. The molecule has 0 spiro atoms. The smallest absolute Gasteiger partial charge is 0.257 e. The number of hydrogen-bond donors (Lipinski definition) is 2. The molecule has 2 N–H and O–H groups in total. The summed E-state index contributed by atoms with van der Waals surface area (Å²) in [6.45, 7) is 6.53. The number of benzene rings is 1. The average Bonchev–Trinajstić information content (AvgIpc) is 2.81. The highest BCUT2D eigenvalue weighted by atomic mass is 35.5. The second-order valence-corrected chi connectivity index (χ2v) is 4.87. The number of anilines is 1. The number of aromatic amines is 1. The van der Waals surface area contributed by atoms with Crippen molar-refractivity contribution in [3.63, 3.8) is 0 Å². The number of nitrogens with zero attached hydrogens (tertiary/aromatic N) is 1. The van der Waals surface area contributed by atoms with Gasteiger partial charge in [0.05, 0.1) is 18.9 Å². The van der Waals surface area contributed by atoms with Crippen molar-refractivity contribution in [2.24, 2.45) is 0 Å². The zero-order chi connectivity index (χ0) is 16.1. The van der Waals surface area contributed by atoms with Gasteiger partial charge in [-0.15, -0.1) is 0 Å². The molecule has 118 valence electrons. The van der Waals surface area contributed by atoms with Crippen molar-refractivity contribution in [1.82, 2.24) is 10.2 Å². The summed E-state index contributed by atoms with van der Waals surface area (Å²) < 4.78 is 11.0. The number of amides is 1. The molecule has 6 nitrogen and oxygen atoms in total. The molecule has 1 aromatic carbocycles. The van der Waals surface area contributed by atoms with Crippen LogP contribution in [0, 0.1) is 6.92 Å². The summed E-state index contributed by atoms with van der Waals surface area (Å²) >= 11 is 6.03. The standard InChI is InChI=1S/C15H18ClN3O3/c1-4-21-11-7-6-10(8-12(11)22-5-2)15(20)17-14-13(16)9(3)18-19-14/h6-8H,4-5H2,1-3H3,(H2,17,18,19,20). The Hall–Kier alpha value is -2.21. The zero-order valence-corrected chi connectivity index (χ0v) is 13.5. The number of ether oxygens (including phenoxy) is 2. The SMILES string of the molecule is CCOc1ccc(C(=O)Nc2n[nH]c(C)c2Cl)cc1OCC. The van der Waals surface area contributed by atoms with Gasteiger partial charge in [-0.1, -0.05) is 11.6 Å². The average molecular weight is 324 g/mol. The molecule has 0 bridgehead atoms. The molecule has 1 amide bonds. The van der Waals surface area contributed by atoms with Gasteiger partial charge in [0, 0.05) is 5.56 Å². The van der Waals surface area contributed by atoms with E-state index in [2.05, 4.69) is 15.5 Å². The zero-order valence-electron chi connectivity index (χ0n) is 12.7. The van der Waals surface area contributed by atoms with Crippen molar-refractivity contribution in [2.45, 2.75) is 20.8 Å². The van der Waals surface area contributed by atoms with Crippen molar-refractivity contribution in [3.05, 3.63) is 34.5 Å². The topological polar surface area (TPSA) is 76.2 Å². The summed E-state index contributed by atoms with van der Waals surface area (Å²) in [6, 6.07) is 5.01. The molecule has 0 aliphatic carbocycles. The maximum atomic E-state index is 12.3. The molecular weight excluding hydrogens is 306 g/mol. The van der Waals surface area contributed by atoms with Crippen LogP contribution in [0.25, 0.3) is 0 Å². The van der Waals surface area contributed by atoms with Crippen LogP contribution >= 0.6 is 11.6 Å². The Morgan fingerprint density at radius 1 is 1.27 bits per heavy atom. The number of rotatable bonds is 6. The van der Waals surface area contributed by atoms with Gasteiger partial charge in [0.1, 0.15) is 5.02 Å². The van der Waals surface area contributed by atoms with Gasteiger partial charge in [0.25, 0.3) is 5.91 Å². The van der Waals surface area contributed by atoms with Crippen molar-refractivity contribution >= 4 is 23.3 Å². The lowest BCUT2D eigenvalue weighted by atomic mass is 10.2. The largest absolute Gasteiger partial charge is 0.490 e. The van der Waals surface area contributed by atoms with E-state index in [9.17, 15) is 4.79 Å². The summed E-state index contributed by atoms with van der Waals surface area (Å²) in [5, 5.41) is 9.70. The second-order valence-electron chi connectivity index (χ2n) is 4.49. The highest BCUT2D eigenvalue weighted by Gasteiger charge is 2.15. The van der Waals surface area contributed by atoms with E-state index in [1.165, 1.54) is 0 Å². The van der Waals surface area contributed by atoms with E-state index in [0.29, 0.717) is 46.8 Å². The first-order valence-electron chi connectivity index (χ1n) is 6.98. The van der Waals surface area contributed by atoms with E-state index in [4.69, 9.17) is 21.1 Å². The summed E-state index contributed by atoms with van der Waals surface area (Å²) in [4.78, 5) is 12.3. The third kappa shape index (κ3) is 3.51. The molecule has 0 fully saturated rings. The van der Waals surface area contributed by atoms with Gasteiger partial charge in [0.15, 0.2) is 17.3 Å². The van der Waals surface area contributed by atoms with E-state index >= 15 is 0 Å². The molecule has 2 aromatic rings. The van der Waals surface area contributed by atoms with E-state index in [1.807, 2.05) is 13.8 Å². The van der Waals surface area contributed by atoms with Gasteiger partial charge < -0.3 is 14.8 Å².